The topological polar surface area (TPSA) is 29.1 Å². The van der Waals surface area contributed by atoms with Crippen LogP contribution in [-0.2, 0) is 10.2 Å². The van der Waals surface area contributed by atoms with E-state index >= 15 is 0 Å². The monoisotopic (exact) mass is 321 g/mol. The van der Waals surface area contributed by atoms with Crippen LogP contribution in [0.1, 0.15) is 49.6 Å². The Morgan fingerprint density at radius 3 is 2.68 bits per heavy atom. The molecule has 0 saturated heterocycles. The highest BCUT2D eigenvalue weighted by molar-refractivity contribution is 9.09. The predicted molar refractivity (Wildman–Crippen MR) is 81.7 cm³/mol. The molecule has 3 rings (SSSR count). The van der Waals surface area contributed by atoms with Crippen LogP contribution in [0.3, 0.4) is 0 Å². The molecule has 0 radical (unpaired) electrons. The third kappa shape index (κ3) is 2.12. The van der Waals surface area contributed by atoms with E-state index in [0.717, 1.165) is 17.2 Å². The van der Waals surface area contributed by atoms with Gasteiger partial charge in [0, 0.05) is 10.5 Å². The highest BCUT2D eigenvalue weighted by Crippen LogP contribution is 2.47. The van der Waals surface area contributed by atoms with E-state index in [1.807, 2.05) is 19.9 Å². The first-order valence-corrected chi connectivity index (χ1v) is 7.93. The molecule has 1 saturated carbocycles. The number of rotatable bonds is 3. The van der Waals surface area contributed by atoms with Gasteiger partial charge in [0.1, 0.15) is 0 Å². The van der Waals surface area contributed by atoms with Crippen LogP contribution < -0.4 is 5.32 Å². The van der Waals surface area contributed by atoms with Gasteiger partial charge in [-0.25, -0.2) is 0 Å². The van der Waals surface area contributed by atoms with E-state index in [0.29, 0.717) is 10.7 Å². The van der Waals surface area contributed by atoms with Crippen molar-refractivity contribution in [2.45, 2.75) is 43.9 Å². The molecule has 1 fully saturated rings. The Bertz CT molecular complexity index is 534. The quantitative estimate of drug-likeness (QED) is 0.821. The smallest absolute Gasteiger partial charge is 0.234 e. The van der Waals surface area contributed by atoms with Crippen LogP contribution in [0.5, 0.6) is 0 Å². The molecule has 1 aliphatic heterocycles. The van der Waals surface area contributed by atoms with Gasteiger partial charge in [-0.2, -0.15) is 0 Å². The largest absolute Gasteiger partial charge is 0.325 e. The van der Waals surface area contributed by atoms with E-state index in [2.05, 4.69) is 40.3 Å². The fraction of sp³-hybridized carbons (Fsp3) is 0.562. The Labute approximate surface area is 123 Å². The van der Waals surface area contributed by atoms with Crippen LogP contribution in [0.4, 0.5) is 5.69 Å². The van der Waals surface area contributed by atoms with E-state index in [1.54, 1.807) is 0 Å². The maximum absolute atomic E-state index is 12.0. The normalized spacial score (nSPS) is 23.7. The second-order valence-electron chi connectivity index (χ2n) is 6.48. The van der Waals surface area contributed by atoms with E-state index in [-0.39, 0.29) is 5.91 Å². The van der Waals surface area contributed by atoms with Crippen LogP contribution in [0.25, 0.3) is 0 Å². The second-order valence-corrected chi connectivity index (χ2v) is 7.47. The first-order chi connectivity index (χ1) is 8.91. The van der Waals surface area contributed by atoms with Crippen molar-refractivity contribution in [2.24, 2.45) is 11.8 Å². The van der Waals surface area contributed by atoms with Crippen LogP contribution >= 0.6 is 15.9 Å². The average Bonchev–Trinajstić information content (AvgIpc) is 3.18. The van der Waals surface area contributed by atoms with Gasteiger partial charge in [-0.1, -0.05) is 35.0 Å². The van der Waals surface area contributed by atoms with Crippen molar-refractivity contribution in [3.8, 4) is 0 Å². The van der Waals surface area contributed by atoms with Crippen LogP contribution in [0.2, 0.25) is 0 Å². The van der Waals surface area contributed by atoms with E-state index < -0.39 is 5.41 Å². The number of hydrogen-bond acceptors (Lipinski definition) is 1. The molecule has 1 aromatic carbocycles. The molecule has 19 heavy (non-hydrogen) atoms. The van der Waals surface area contributed by atoms with Crippen LogP contribution in [0.15, 0.2) is 18.2 Å². The number of anilines is 1. The molecule has 102 valence electrons. The van der Waals surface area contributed by atoms with Gasteiger partial charge < -0.3 is 5.32 Å². The van der Waals surface area contributed by atoms with Gasteiger partial charge in [0.2, 0.25) is 5.91 Å². The molecule has 2 aliphatic rings. The summed E-state index contributed by atoms with van der Waals surface area (Å²) in [5.74, 6) is 1.62. The van der Waals surface area contributed by atoms with Crippen molar-refractivity contribution in [3.05, 3.63) is 29.3 Å². The molecule has 3 heteroatoms. The van der Waals surface area contributed by atoms with Gasteiger partial charge in [-0.05, 0) is 55.7 Å². The maximum atomic E-state index is 12.0. The van der Waals surface area contributed by atoms with E-state index in [1.165, 1.54) is 18.4 Å². The summed E-state index contributed by atoms with van der Waals surface area (Å²) in [4.78, 5) is 12.3. The average molecular weight is 322 g/mol. The van der Waals surface area contributed by atoms with Gasteiger partial charge in [-0.15, -0.1) is 0 Å². The first-order valence-electron chi connectivity index (χ1n) is 7.01. The number of carbonyl (C=O) groups is 1. The number of benzene rings is 1. The molecule has 2 atom stereocenters. The van der Waals surface area contributed by atoms with Crippen molar-refractivity contribution >= 4 is 27.5 Å². The van der Waals surface area contributed by atoms with Gasteiger partial charge in [-0.3, -0.25) is 4.79 Å². The Morgan fingerprint density at radius 2 is 2.05 bits per heavy atom. The van der Waals surface area contributed by atoms with Crippen molar-refractivity contribution in [3.63, 3.8) is 0 Å². The molecule has 2 unspecified atom stereocenters. The lowest BCUT2D eigenvalue weighted by Crippen LogP contribution is -2.26. The summed E-state index contributed by atoms with van der Waals surface area (Å²) in [7, 11) is 0. The van der Waals surface area contributed by atoms with Crippen molar-refractivity contribution in [1.29, 1.82) is 0 Å². The van der Waals surface area contributed by atoms with Crippen molar-refractivity contribution in [1.82, 2.24) is 0 Å². The fourth-order valence-corrected chi connectivity index (χ4v) is 3.64. The second kappa shape index (κ2) is 4.34. The minimum Gasteiger partial charge on any atom is -0.325 e. The molecule has 1 amide bonds. The molecule has 2 nitrogen and oxygen atoms in total. The SMILES string of the molecule is CC(C1CC1)C(Br)c1ccc2c(c1)C(C)(C)C(=O)N2. The molecule has 1 heterocycles. The van der Waals surface area contributed by atoms with Gasteiger partial charge >= 0.3 is 0 Å². The summed E-state index contributed by atoms with van der Waals surface area (Å²) in [5.41, 5.74) is 2.98. The lowest BCUT2D eigenvalue weighted by molar-refractivity contribution is -0.119. The number of halogens is 1. The number of hydrogen-bond donors (Lipinski definition) is 1. The minimum atomic E-state index is -0.416. The van der Waals surface area contributed by atoms with Crippen molar-refractivity contribution < 1.29 is 4.79 Å². The standard InChI is InChI=1S/C16H20BrNO/c1-9(10-4-5-10)14(17)11-6-7-13-12(8-11)16(2,3)15(19)18-13/h6-10,14H,4-5H2,1-3H3,(H,18,19). The Morgan fingerprint density at radius 1 is 1.37 bits per heavy atom. The van der Waals surface area contributed by atoms with Gasteiger partial charge in [0.05, 0.1) is 5.41 Å². The van der Waals surface area contributed by atoms with E-state index in [9.17, 15) is 4.79 Å². The number of amides is 1. The third-order valence-electron chi connectivity index (χ3n) is 4.68. The molecular formula is C16H20BrNO. The first kappa shape index (κ1) is 13.2. The molecule has 0 bridgehead atoms. The molecule has 1 aromatic rings. The number of alkyl halides is 1. The summed E-state index contributed by atoms with van der Waals surface area (Å²) in [6.45, 7) is 6.30. The molecule has 0 aromatic heterocycles. The number of fused-ring (bicyclic) bond motifs is 1. The zero-order valence-corrected chi connectivity index (χ0v) is 13.3. The van der Waals surface area contributed by atoms with Crippen molar-refractivity contribution in [2.75, 3.05) is 5.32 Å². The zero-order valence-electron chi connectivity index (χ0n) is 11.7. The van der Waals surface area contributed by atoms with Gasteiger partial charge in [0.25, 0.3) is 0 Å². The molecule has 1 aliphatic carbocycles. The fourth-order valence-electron chi connectivity index (χ4n) is 2.92. The Kier molecular flexibility index (Phi) is 3.01. The predicted octanol–water partition coefficient (Wildman–Crippen LogP) is 4.40. The Balaban J connectivity index is 1.93. The zero-order chi connectivity index (χ0) is 13.8. The summed E-state index contributed by atoms with van der Waals surface area (Å²) < 4.78 is 0. The summed E-state index contributed by atoms with van der Waals surface area (Å²) >= 11 is 3.85. The van der Waals surface area contributed by atoms with Crippen LogP contribution in [0, 0.1) is 11.8 Å². The third-order valence-corrected chi connectivity index (χ3v) is 6.04. The number of carbonyl (C=O) groups excluding carboxylic acids is 1. The summed E-state index contributed by atoms with van der Waals surface area (Å²) in [5, 5.41) is 2.96. The van der Waals surface area contributed by atoms with Gasteiger partial charge in [0.15, 0.2) is 0 Å². The molecular weight excluding hydrogens is 302 g/mol. The lowest BCUT2D eigenvalue weighted by atomic mass is 9.84. The highest BCUT2D eigenvalue weighted by Gasteiger charge is 2.39. The minimum absolute atomic E-state index is 0.0982. The summed E-state index contributed by atoms with van der Waals surface area (Å²) in [6.07, 6.45) is 2.72. The highest BCUT2D eigenvalue weighted by atomic mass is 79.9. The summed E-state index contributed by atoms with van der Waals surface area (Å²) in [6, 6.07) is 6.38. The van der Waals surface area contributed by atoms with Crippen LogP contribution in [-0.4, -0.2) is 5.91 Å². The number of nitrogens with one attached hydrogen (secondary N) is 1. The maximum Gasteiger partial charge on any atom is 0.234 e. The molecule has 1 N–H and O–H groups in total. The molecule has 0 spiro atoms. The Hall–Kier alpha value is -0.830. The lowest BCUT2D eigenvalue weighted by Gasteiger charge is -2.21. The van der Waals surface area contributed by atoms with E-state index in [4.69, 9.17) is 0 Å².